The number of carbonyl (C=O) groups excluding carboxylic acids is 1. The molecule has 1 heterocycles. The standard InChI is InChI=1S/C14H14N2O3/c1-2-9-19-13(17)7-8-16-10-15-12-6-4-3-5-11(12)14(16)18/h2-6,10H,1,7-9H2. The second-order valence-corrected chi connectivity index (χ2v) is 3.98. The summed E-state index contributed by atoms with van der Waals surface area (Å²) in [4.78, 5) is 27.6. The Morgan fingerprint density at radius 1 is 1.42 bits per heavy atom. The summed E-state index contributed by atoms with van der Waals surface area (Å²) in [6.07, 6.45) is 3.08. The third-order valence-corrected chi connectivity index (χ3v) is 2.65. The number of aromatic nitrogens is 2. The lowest BCUT2D eigenvalue weighted by Gasteiger charge is -2.06. The van der Waals surface area contributed by atoms with Crippen LogP contribution < -0.4 is 5.56 Å². The molecule has 1 aromatic heterocycles. The minimum Gasteiger partial charge on any atom is -0.461 e. The zero-order chi connectivity index (χ0) is 13.7. The Labute approximate surface area is 110 Å². The lowest BCUT2D eigenvalue weighted by Crippen LogP contribution is -2.22. The van der Waals surface area contributed by atoms with Gasteiger partial charge in [-0.15, -0.1) is 0 Å². The highest BCUT2D eigenvalue weighted by molar-refractivity contribution is 5.77. The molecule has 5 nitrogen and oxygen atoms in total. The van der Waals surface area contributed by atoms with Crippen LogP contribution in [0.5, 0.6) is 0 Å². The van der Waals surface area contributed by atoms with E-state index in [0.29, 0.717) is 10.9 Å². The van der Waals surface area contributed by atoms with Crippen LogP contribution in [0.4, 0.5) is 0 Å². The summed E-state index contributed by atoms with van der Waals surface area (Å²) >= 11 is 0. The normalized spacial score (nSPS) is 10.3. The average molecular weight is 258 g/mol. The first-order chi connectivity index (χ1) is 9.22. The molecule has 0 saturated carbocycles. The van der Waals surface area contributed by atoms with E-state index in [9.17, 15) is 9.59 Å². The van der Waals surface area contributed by atoms with Crippen molar-refractivity contribution in [3.8, 4) is 0 Å². The number of rotatable bonds is 5. The highest BCUT2D eigenvalue weighted by Gasteiger charge is 2.06. The van der Waals surface area contributed by atoms with Crippen LogP contribution in [0, 0.1) is 0 Å². The van der Waals surface area contributed by atoms with Crippen LogP contribution in [0.15, 0.2) is 48.0 Å². The lowest BCUT2D eigenvalue weighted by atomic mass is 10.2. The second kappa shape index (κ2) is 5.95. The van der Waals surface area contributed by atoms with E-state index in [2.05, 4.69) is 11.6 Å². The van der Waals surface area contributed by atoms with Crippen LogP contribution in [0.3, 0.4) is 0 Å². The van der Waals surface area contributed by atoms with Gasteiger partial charge in [-0.05, 0) is 12.1 Å². The van der Waals surface area contributed by atoms with Crippen LogP contribution in [-0.4, -0.2) is 22.1 Å². The zero-order valence-corrected chi connectivity index (χ0v) is 10.4. The molecule has 0 spiro atoms. The summed E-state index contributed by atoms with van der Waals surface area (Å²) in [6, 6.07) is 7.11. The Hall–Kier alpha value is -2.43. The van der Waals surface area contributed by atoms with Crippen molar-refractivity contribution in [1.29, 1.82) is 0 Å². The third kappa shape index (κ3) is 3.07. The maximum atomic E-state index is 12.1. The van der Waals surface area contributed by atoms with E-state index in [1.165, 1.54) is 17.0 Å². The summed E-state index contributed by atoms with van der Waals surface area (Å²) in [5.74, 6) is -0.361. The predicted octanol–water partition coefficient (Wildman–Crippen LogP) is 1.52. The molecule has 19 heavy (non-hydrogen) atoms. The Morgan fingerprint density at radius 3 is 3.00 bits per heavy atom. The number of ether oxygens (including phenoxy) is 1. The van der Waals surface area contributed by atoms with Crippen molar-refractivity contribution in [2.75, 3.05) is 6.61 Å². The molecular weight excluding hydrogens is 244 g/mol. The maximum absolute atomic E-state index is 12.1. The van der Waals surface area contributed by atoms with E-state index in [1.807, 2.05) is 6.07 Å². The Kier molecular flexibility index (Phi) is 4.07. The van der Waals surface area contributed by atoms with Gasteiger partial charge in [0.15, 0.2) is 0 Å². The SMILES string of the molecule is C=CCOC(=O)CCn1cnc2ccccc2c1=O. The number of nitrogens with zero attached hydrogens (tertiary/aromatic N) is 2. The smallest absolute Gasteiger partial charge is 0.307 e. The van der Waals surface area contributed by atoms with Crippen LogP contribution in [0.25, 0.3) is 10.9 Å². The van der Waals surface area contributed by atoms with Crippen molar-refractivity contribution < 1.29 is 9.53 Å². The molecule has 2 rings (SSSR count). The van der Waals surface area contributed by atoms with Crippen LogP contribution in [-0.2, 0) is 16.1 Å². The fourth-order valence-electron chi connectivity index (χ4n) is 1.70. The number of benzene rings is 1. The summed E-state index contributed by atoms with van der Waals surface area (Å²) in [5, 5.41) is 0.546. The minimum atomic E-state index is -0.361. The number of carbonyl (C=O) groups is 1. The van der Waals surface area contributed by atoms with Gasteiger partial charge in [-0.3, -0.25) is 14.2 Å². The Bertz CT molecular complexity index is 661. The average Bonchev–Trinajstić information content (AvgIpc) is 2.44. The van der Waals surface area contributed by atoms with E-state index in [0.717, 1.165) is 0 Å². The van der Waals surface area contributed by atoms with Crippen molar-refractivity contribution in [3.05, 3.63) is 53.6 Å². The number of para-hydroxylation sites is 1. The largest absolute Gasteiger partial charge is 0.461 e. The molecule has 0 bridgehead atoms. The van der Waals surface area contributed by atoms with Gasteiger partial charge in [0.2, 0.25) is 0 Å². The van der Waals surface area contributed by atoms with Crippen molar-refractivity contribution in [1.82, 2.24) is 9.55 Å². The molecule has 0 unspecified atom stereocenters. The van der Waals surface area contributed by atoms with Crippen molar-refractivity contribution in [2.45, 2.75) is 13.0 Å². The quantitative estimate of drug-likeness (QED) is 0.602. The predicted molar refractivity (Wildman–Crippen MR) is 71.8 cm³/mol. The van der Waals surface area contributed by atoms with Crippen LogP contribution in [0.1, 0.15) is 6.42 Å². The molecule has 0 atom stereocenters. The Balaban J connectivity index is 2.13. The van der Waals surface area contributed by atoms with Gasteiger partial charge in [0.1, 0.15) is 6.61 Å². The molecule has 0 aliphatic rings. The second-order valence-electron chi connectivity index (χ2n) is 3.98. The zero-order valence-electron chi connectivity index (χ0n) is 10.4. The van der Waals surface area contributed by atoms with Gasteiger partial charge in [0.05, 0.1) is 23.7 Å². The van der Waals surface area contributed by atoms with E-state index >= 15 is 0 Å². The lowest BCUT2D eigenvalue weighted by molar-refractivity contribution is -0.142. The van der Waals surface area contributed by atoms with Crippen molar-refractivity contribution in [2.24, 2.45) is 0 Å². The number of hydrogen-bond donors (Lipinski definition) is 0. The van der Waals surface area contributed by atoms with Crippen molar-refractivity contribution >= 4 is 16.9 Å². The van der Waals surface area contributed by atoms with Gasteiger partial charge in [-0.25, -0.2) is 4.98 Å². The molecule has 0 amide bonds. The van der Waals surface area contributed by atoms with Gasteiger partial charge in [0, 0.05) is 6.54 Å². The number of aryl methyl sites for hydroxylation is 1. The first kappa shape index (κ1) is 13.0. The van der Waals surface area contributed by atoms with Gasteiger partial charge in [0.25, 0.3) is 5.56 Å². The molecular formula is C14H14N2O3. The number of esters is 1. The van der Waals surface area contributed by atoms with Crippen molar-refractivity contribution in [3.63, 3.8) is 0 Å². The van der Waals surface area contributed by atoms with Gasteiger partial charge < -0.3 is 4.74 Å². The molecule has 0 fully saturated rings. The van der Waals surface area contributed by atoms with Gasteiger partial charge in [-0.1, -0.05) is 24.8 Å². The highest BCUT2D eigenvalue weighted by Crippen LogP contribution is 2.04. The summed E-state index contributed by atoms with van der Waals surface area (Å²) in [7, 11) is 0. The monoisotopic (exact) mass is 258 g/mol. The summed E-state index contributed by atoms with van der Waals surface area (Å²) < 4.78 is 6.26. The van der Waals surface area contributed by atoms with E-state index in [-0.39, 0.29) is 31.1 Å². The molecule has 5 heteroatoms. The maximum Gasteiger partial charge on any atom is 0.307 e. The minimum absolute atomic E-state index is 0.133. The summed E-state index contributed by atoms with van der Waals surface area (Å²) in [5.41, 5.74) is 0.500. The topological polar surface area (TPSA) is 61.2 Å². The van der Waals surface area contributed by atoms with E-state index in [4.69, 9.17) is 4.74 Å². The first-order valence-corrected chi connectivity index (χ1v) is 5.93. The van der Waals surface area contributed by atoms with E-state index < -0.39 is 0 Å². The molecule has 0 N–H and O–H groups in total. The molecule has 0 aliphatic heterocycles. The summed E-state index contributed by atoms with van der Waals surface area (Å²) in [6.45, 7) is 3.90. The molecule has 1 aromatic carbocycles. The molecule has 2 aromatic rings. The number of fused-ring (bicyclic) bond motifs is 1. The van der Waals surface area contributed by atoms with Crippen LogP contribution >= 0.6 is 0 Å². The number of hydrogen-bond acceptors (Lipinski definition) is 4. The van der Waals surface area contributed by atoms with Gasteiger partial charge >= 0.3 is 5.97 Å². The Morgan fingerprint density at radius 2 is 2.21 bits per heavy atom. The molecule has 98 valence electrons. The fourth-order valence-corrected chi connectivity index (χ4v) is 1.70. The highest BCUT2D eigenvalue weighted by atomic mass is 16.5. The molecule has 0 radical (unpaired) electrons. The molecule has 0 aliphatic carbocycles. The van der Waals surface area contributed by atoms with Crippen LogP contribution in [0.2, 0.25) is 0 Å². The van der Waals surface area contributed by atoms with E-state index in [1.54, 1.807) is 18.2 Å². The van der Waals surface area contributed by atoms with Gasteiger partial charge in [-0.2, -0.15) is 0 Å². The third-order valence-electron chi connectivity index (χ3n) is 2.65. The fraction of sp³-hybridized carbons (Fsp3) is 0.214. The first-order valence-electron chi connectivity index (χ1n) is 5.93. The molecule has 0 saturated heterocycles.